The number of hydrogen-bond donors (Lipinski definition) is 1. The number of nitrogens with one attached hydrogen (secondary N) is 1. The lowest BCUT2D eigenvalue weighted by molar-refractivity contribution is -0.123. The topological polar surface area (TPSA) is 90.9 Å². The Labute approximate surface area is 177 Å². The fourth-order valence-electron chi connectivity index (χ4n) is 2.57. The zero-order valence-corrected chi connectivity index (χ0v) is 16.5. The zero-order valence-electron chi connectivity index (χ0n) is 16.5. The first-order chi connectivity index (χ1) is 15.0. The number of hydrogen-bond acceptors (Lipinski definition) is 6. The van der Waals surface area contributed by atoms with Crippen LogP contribution >= 0.6 is 0 Å². The van der Waals surface area contributed by atoms with Gasteiger partial charge in [0.05, 0.1) is 18.2 Å². The highest BCUT2D eigenvalue weighted by atomic mass is 19.1. The molecular weight excluding hydrogens is 405 g/mol. The van der Waals surface area contributed by atoms with Gasteiger partial charge in [0.2, 0.25) is 0 Å². The molecule has 7 nitrogen and oxygen atoms in total. The van der Waals surface area contributed by atoms with Crippen molar-refractivity contribution in [1.29, 1.82) is 0 Å². The lowest BCUT2D eigenvalue weighted by Crippen LogP contribution is -2.34. The lowest BCUT2D eigenvalue weighted by atomic mass is 10.2. The maximum Gasteiger partial charge on any atom is 0.338 e. The van der Waals surface area contributed by atoms with Crippen molar-refractivity contribution in [3.05, 3.63) is 89.7 Å². The second kappa shape index (κ2) is 10.0. The van der Waals surface area contributed by atoms with Gasteiger partial charge in [0, 0.05) is 0 Å². The first kappa shape index (κ1) is 21.5. The van der Waals surface area contributed by atoms with Crippen LogP contribution in [0.5, 0.6) is 17.2 Å². The van der Waals surface area contributed by atoms with Gasteiger partial charge in [-0.15, -0.1) is 0 Å². The van der Waals surface area contributed by atoms with Crippen LogP contribution in [-0.2, 0) is 9.53 Å². The molecule has 0 aliphatic carbocycles. The molecule has 0 bridgehead atoms. The fraction of sp³-hybridized carbons (Fsp3) is 0.0870. The normalized spacial score (nSPS) is 10.1. The molecule has 0 spiro atoms. The summed E-state index contributed by atoms with van der Waals surface area (Å²) in [7, 11) is 1.41. The number of carbonyl (C=O) groups is 3. The van der Waals surface area contributed by atoms with Gasteiger partial charge in [0.15, 0.2) is 6.61 Å². The van der Waals surface area contributed by atoms with Gasteiger partial charge in [-0.2, -0.15) is 0 Å². The molecule has 1 N–H and O–H groups in total. The predicted molar refractivity (Wildman–Crippen MR) is 109 cm³/mol. The number of para-hydroxylation sites is 1. The third-order valence-corrected chi connectivity index (χ3v) is 4.08. The number of halogens is 1. The van der Waals surface area contributed by atoms with Crippen molar-refractivity contribution in [2.75, 3.05) is 13.7 Å². The van der Waals surface area contributed by atoms with Crippen molar-refractivity contribution in [2.45, 2.75) is 0 Å². The molecule has 0 aromatic heterocycles. The number of benzene rings is 3. The number of methoxy groups -OCH3 is 1. The third kappa shape index (κ3) is 5.89. The molecule has 0 aliphatic heterocycles. The quantitative estimate of drug-likeness (QED) is 0.582. The second-order valence-electron chi connectivity index (χ2n) is 6.23. The molecule has 0 saturated heterocycles. The van der Waals surface area contributed by atoms with E-state index in [9.17, 15) is 18.8 Å². The number of carbonyl (C=O) groups excluding carboxylic acids is 3. The van der Waals surface area contributed by atoms with Crippen LogP contribution in [0.25, 0.3) is 0 Å². The molecule has 3 aromatic carbocycles. The minimum Gasteiger partial charge on any atom is -0.496 e. The van der Waals surface area contributed by atoms with Gasteiger partial charge in [-0.05, 0) is 60.7 Å². The molecule has 31 heavy (non-hydrogen) atoms. The Morgan fingerprint density at radius 1 is 0.871 bits per heavy atom. The Morgan fingerprint density at radius 3 is 2.13 bits per heavy atom. The average molecular weight is 423 g/mol. The van der Waals surface area contributed by atoms with E-state index in [2.05, 4.69) is 5.32 Å². The maximum atomic E-state index is 12.9. The molecule has 3 aromatic rings. The van der Waals surface area contributed by atoms with Crippen molar-refractivity contribution in [2.24, 2.45) is 0 Å². The molecule has 0 aliphatic rings. The molecule has 3 rings (SSSR count). The summed E-state index contributed by atoms with van der Waals surface area (Å²) in [5, 5.41) is 2.14. The molecule has 2 amide bonds. The van der Waals surface area contributed by atoms with E-state index in [0.717, 1.165) is 0 Å². The number of imide groups is 1. The molecule has 0 heterocycles. The van der Waals surface area contributed by atoms with Crippen LogP contribution in [0.3, 0.4) is 0 Å². The Bertz CT molecular complexity index is 1080. The van der Waals surface area contributed by atoms with Crippen molar-refractivity contribution >= 4 is 17.8 Å². The fourth-order valence-corrected chi connectivity index (χ4v) is 2.57. The molecule has 158 valence electrons. The highest BCUT2D eigenvalue weighted by Crippen LogP contribution is 2.22. The Hall–Kier alpha value is -4.20. The van der Waals surface area contributed by atoms with Crippen LogP contribution < -0.4 is 14.8 Å². The van der Waals surface area contributed by atoms with Gasteiger partial charge < -0.3 is 14.2 Å². The number of rotatable bonds is 7. The SMILES string of the molecule is COc1ccccc1C(=O)NC(=O)COC(=O)c1ccc(Oc2ccc(F)cc2)cc1. The van der Waals surface area contributed by atoms with E-state index in [0.29, 0.717) is 17.2 Å². The van der Waals surface area contributed by atoms with Gasteiger partial charge in [-0.1, -0.05) is 12.1 Å². The van der Waals surface area contributed by atoms with Crippen molar-refractivity contribution < 1.29 is 33.0 Å². The second-order valence-corrected chi connectivity index (χ2v) is 6.23. The minimum absolute atomic E-state index is 0.182. The number of ether oxygens (including phenoxy) is 3. The van der Waals surface area contributed by atoms with E-state index < -0.39 is 24.4 Å². The minimum atomic E-state index is -0.777. The molecule has 0 saturated carbocycles. The van der Waals surface area contributed by atoms with Crippen LogP contribution in [-0.4, -0.2) is 31.5 Å². The van der Waals surface area contributed by atoms with Gasteiger partial charge >= 0.3 is 5.97 Å². The molecular formula is C23H18FNO6. The van der Waals surface area contributed by atoms with Crippen LogP contribution in [0.1, 0.15) is 20.7 Å². The number of esters is 1. The standard InChI is InChI=1S/C23H18FNO6/c1-29-20-5-3-2-4-19(20)22(27)25-21(26)14-30-23(28)15-6-10-17(11-7-15)31-18-12-8-16(24)9-13-18/h2-13H,14H2,1H3,(H,25,26,27). The number of amides is 2. The van der Waals surface area contributed by atoms with Gasteiger partial charge in [0.25, 0.3) is 11.8 Å². The summed E-state index contributed by atoms with van der Waals surface area (Å²) in [4.78, 5) is 36.2. The summed E-state index contributed by atoms with van der Waals surface area (Å²) in [6.45, 7) is -0.631. The van der Waals surface area contributed by atoms with E-state index in [1.807, 2.05) is 0 Å². The molecule has 0 fully saturated rings. The first-order valence-electron chi connectivity index (χ1n) is 9.14. The van der Waals surface area contributed by atoms with Gasteiger partial charge in [0.1, 0.15) is 23.1 Å². The summed E-state index contributed by atoms with van der Waals surface area (Å²) >= 11 is 0. The highest BCUT2D eigenvalue weighted by Gasteiger charge is 2.16. The monoisotopic (exact) mass is 423 g/mol. The maximum absolute atomic E-state index is 12.9. The Balaban J connectivity index is 1.51. The smallest absolute Gasteiger partial charge is 0.338 e. The van der Waals surface area contributed by atoms with E-state index in [-0.39, 0.29) is 16.9 Å². The zero-order chi connectivity index (χ0) is 22.2. The summed E-state index contributed by atoms with van der Waals surface area (Å²) in [6, 6.07) is 17.9. The largest absolute Gasteiger partial charge is 0.496 e. The van der Waals surface area contributed by atoms with Crippen LogP contribution in [0.2, 0.25) is 0 Å². The van der Waals surface area contributed by atoms with E-state index in [1.54, 1.807) is 18.2 Å². The Morgan fingerprint density at radius 2 is 1.48 bits per heavy atom. The summed E-state index contributed by atoms with van der Waals surface area (Å²) < 4.78 is 28.5. The Kier molecular flexibility index (Phi) is 6.95. The van der Waals surface area contributed by atoms with Crippen molar-refractivity contribution in [3.8, 4) is 17.2 Å². The van der Waals surface area contributed by atoms with Crippen molar-refractivity contribution in [3.63, 3.8) is 0 Å². The molecule has 0 unspecified atom stereocenters. The van der Waals surface area contributed by atoms with Crippen LogP contribution in [0, 0.1) is 5.82 Å². The molecule has 0 atom stereocenters. The molecule has 8 heteroatoms. The molecule has 0 radical (unpaired) electrons. The first-order valence-corrected chi connectivity index (χ1v) is 9.14. The van der Waals surface area contributed by atoms with Gasteiger partial charge in [-0.3, -0.25) is 14.9 Å². The predicted octanol–water partition coefficient (Wildman–Crippen LogP) is 3.74. The van der Waals surface area contributed by atoms with E-state index >= 15 is 0 Å². The summed E-state index contributed by atoms with van der Waals surface area (Å²) in [5.41, 5.74) is 0.372. The third-order valence-electron chi connectivity index (χ3n) is 4.08. The van der Waals surface area contributed by atoms with Crippen LogP contribution in [0.15, 0.2) is 72.8 Å². The van der Waals surface area contributed by atoms with Crippen LogP contribution in [0.4, 0.5) is 4.39 Å². The van der Waals surface area contributed by atoms with Crippen molar-refractivity contribution in [1.82, 2.24) is 5.32 Å². The van der Waals surface area contributed by atoms with Gasteiger partial charge in [-0.25, -0.2) is 9.18 Å². The van der Waals surface area contributed by atoms with E-state index in [1.165, 1.54) is 61.7 Å². The lowest BCUT2D eigenvalue weighted by Gasteiger charge is -2.09. The summed E-state index contributed by atoms with van der Waals surface area (Å²) in [6.07, 6.45) is 0. The highest BCUT2D eigenvalue weighted by molar-refractivity contribution is 6.07. The summed E-state index contributed by atoms with van der Waals surface area (Å²) in [5.74, 6) is -1.38. The average Bonchev–Trinajstić information content (AvgIpc) is 2.79. The van der Waals surface area contributed by atoms with E-state index in [4.69, 9.17) is 14.2 Å².